The highest BCUT2D eigenvalue weighted by molar-refractivity contribution is 5.55. The van der Waals surface area contributed by atoms with Crippen molar-refractivity contribution in [2.45, 2.75) is 61.1 Å². The molecule has 1 aromatic rings. The molecule has 190 valence electrons. The van der Waals surface area contributed by atoms with E-state index in [9.17, 15) is 61.1 Å². The summed E-state index contributed by atoms with van der Waals surface area (Å²) < 4.78 is 15.5. The summed E-state index contributed by atoms with van der Waals surface area (Å²) in [4.78, 5) is 20.4. The average molecular weight is 494 g/mol. The van der Waals surface area contributed by atoms with Gasteiger partial charge in [-0.05, 0) is 11.6 Å². The van der Waals surface area contributed by atoms with Gasteiger partial charge in [0.25, 0.3) is 0 Å². The number of hydrogen-bond donors (Lipinski definition) is 8. The van der Waals surface area contributed by atoms with Crippen LogP contribution in [0.25, 0.3) is 0 Å². The van der Waals surface area contributed by atoms with Crippen molar-refractivity contribution in [3.05, 3.63) is 44.0 Å². The molecule has 2 fully saturated rings. The fraction of sp³-hybridized carbons (Fsp3) is 0.647. The van der Waals surface area contributed by atoms with Gasteiger partial charge in [0.2, 0.25) is 0 Å². The summed E-state index contributed by atoms with van der Waals surface area (Å²) in [5.41, 5.74) is -4.85. The fourth-order valence-electron chi connectivity index (χ4n) is 3.79. The minimum absolute atomic E-state index is 0.422. The Labute approximate surface area is 188 Å². The Kier molecular flexibility index (Phi) is 7.45. The number of nitro groups is 2. The molecule has 17 nitrogen and oxygen atoms in total. The molecule has 8 N–H and O–H groups in total. The molecule has 0 unspecified atom stereocenters. The van der Waals surface area contributed by atoms with E-state index in [1.165, 1.54) is 0 Å². The number of aliphatic hydroxyl groups is 8. The average Bonchev–Trinajstić information content (AvgIpc) is 2.80. The summed E-state index contributed by atoms with van der Waals surface area (Å²) in [6, 6.07) is 2.22. The van der Waals surface area contributed by atoms with Crippen LogP contribution in [0.2, 0.25) is 0 Å². The van der Waals surface area contributed by atoms with Gasteiger partial charge in [-0.15, -0.1) is 0 Å². The molecule has 1 aromatic carbocycles. The van der Waals surface area contributed by atoms with Gasteiger partial charge in [0.1, 0.15) is 42.2 Å². The maximum atomic E-state index is 11.4. The maximum Gasteiger partial charge on any atom is 0.346 e. The largest absolute Gasteiger partial charge is 0.393 e. The van der Waals surface area contributed by atoms with Gasteiger partial charge < -0.3 is 55.1 Å². The standard InChI is InChI=1S/C17H22N2O15/c20-4-17(5-1-2-6(18(28)29)7(3-5)19(30)31)13(9(22)11(24)15(27)34-17)32-16-12(25)8(21)10(23)14(26)33-16/h1-3,8-16,20-27H,4H2/t8-,9-,10-,11+,12+,13-,14-,15+,16+,17-/m0/s1. The smallest absolute Gasteiger partial charge is 0.346 e. The Hall–Kier alpha value is -2.42. The molecule has 0 amide bonds. The first-order chi connectivity index (χ1) is 15.8. The summed E-state index contributed by atoms with van der Waals surface area (Å²) in [7, 11) is 0. The van der Waals surface area contributed by atoms with Crippen molar-refractivity contribution in [1.29, 1.82) is 0 Å². The third kappa shape index (κ3) is 4.34. The highest BCUT2D eigenvalue weighted by Crippen LogP contribution is 2.43. The number of nitro benzene ring substituents is 2. The Bertz CT molecular complexity index is 932. The quantitative estimate of drug-likeness (QED) is 0.138. The van der Waals surface area contributed by atoms with E-state index in [1.807, 2.05) is 0 Å². The molecule has 0 bridgehead atoms. The van der Waals surface area contributed by atoms with E-state index in [0.717, 1.165) is 6.07 Å². The number of aliphatic hydroxyl groups excluding tert-OH is 8. The Morgan fingerprint density at radius 3 is 2.00 bits per heavy atom. The van der Waals surface area contributed by atoms with Crippen LogP contribution in [0, 0.1) is 20.2 Å². The summed E-state index contributed by atoms with van der Waals surface area (Å²) >= 11 is 0. The molecule has 2 aliphatic rings. The molecule has 3 rings (SSSR count). The van der Waals surface area contributed by atoms with Gasteiger partial charge in [0, 0.05) is 12.1 Å². The lowest BCUT2D eigenvalue weighted by atomic mass is 9.81. The normalized spacial score (nSPS) is 40.6. The molecule has 0 spiro atoms. The van der Waals surface area contributed by atoms with Gasteiger partial charge >= 0.3 is 11.4 Å². The fourth-order valence-corrected chi connectivity index (χ4v) is 3.79. The first kappa shape index (κ1) is 26.2. The molecule has 2 heterocycles. The molecule has 0 aromatic heterocycles. The molecule has 17 heteroatoms. The second kappa shape index (κ2) is 9.68. The SMILES string of the molecule is O=[N+]([O-])c1ccc([C@]2(CO)O[C@@H](O)[C@H](O)[C@H](O)[C@@H]2O[C@@H]2O[C@H](O)[C@@H](O)[C@H](O)[C@H]2O)cc1[N+](=O)[O-]. The van der Waals surface area contributed by atoms with Gasteiger partial charge in [-0.25, -0.2) is 0 Å². The molecule has 0 saturated carbocycles. The van der Waals surface area contributed by atoms with Crippen LogP contribution in [0.3, 0.4) is 0 Å². The molecule has 0 radical (unpaired) electrons. The Balaban J connectivity index is 2.10. The number of ether oxygens (including phenoxy) is 3. The van der Waals surface area contributed by atoms with Crippen molar-refractivity contribution in [2.24, 2.45) is 0 Å². The number of nitrogens with zero attached hydrogens (tertiary/aromatic N) is 2. The Morgan fingerprint density at radius 1 is 0.853 bits per heavy atom. The van der Waals surface area contributed by atoms with Gasteiger partial charge in [-0.3, -0.25) is 20.2 Å². The van der Waals surface area contributed by atoms with E-state index >= 15 is 0 Å². The van der Waals surface area contributed by atoms with Crippen molar-refractivity contribution in [3.63, 3.8) is 0 Å². The summed E-state index contributed by atoms with van der Waals surface area (Å²) in [5.74, 6) is 0. The predicted molar refractivity (Wildman–Crippen MR) is 101 cm³/mol. The Morgan fingerprint density at radius 2 is 1.44 bits per heavy atom. The van der Waals surface area contributed by atoms with Crippen LogP contribution in [-0.4, -0.2) is 113 Å². The zero-order chi connectivity index (χ0) is 25.5. The van der Waals surface area contributed by atoms with Crippen molar-refractivity contribution in [2.75, 3.05) is 6.61 Å². The maximum absolute atomic E-state index is 11.4. The van der Waals surface area contributed by atoms with Crippen LogP contribution in [-0.2, 0) is 19.8 Å². The van der Waals surface area contributed by atoms with E-state index < -0.39 is 94.5 Å². The summed E-state index contributed by atoms with van der Waals surface area (Å²) in [5, 5.41) is 103. The highest BCUT2D eigenvalue weighted by atomic mass is 16.8. The van der Waals surface area contributed by atoms with Gasteiger partial charge in [0.15, 0.2) is 18.9 Å². The lowest BCUT2D eigenvalue weighted by Crippen LogP contribution is -2.67. The van der Waals surface area contributed by atoms with Crippen LogP contribution < -0.4 is 0 Å². The van der Waals surface area contributed by atoms with Gasteiger partial charge in [-0.2, -0.15) is 0 Å². The number of benzene rings is 1. The zero-order valence-corrected chi connectivity index (χ0v) is 17.0. The second-order valence-electron chi connectivity index (χ2n) is 7.68. The van der Waals surface area contributed by atoms with Crippen molar-refractivity contribution < 1.29 is 64.9 Å². The van der Waals surface area contributed by atoms with Crippen molar-refractivity contribution in [3.8, 4) is 0 Å². The van der Waals surface area contributed by atoms with Crippen molar-refractivity contribution >= 4 is 11.4 Å². The number of hydrogen-bond acceptors (Lipinski definition) is 15. The summed E-state index contributed by atoms with van der Waals surface area (Å²) in [6.07, 6.45) is -18.5. The summed E-state index contributed by atoms with van der Waals surface area (Å²) in [6.45, 7) is -1.20. The lowest BCUT2D eigenvalue weighted by Gasteiger charge is -2.50. The van der Waals surface area contributed by atoms with E-state index in [1.54, 1.807) is 0 Å². The van der Waals surface area contributed by atoms with Crippen LogP contribution in [0.4, 0.5) is 11.4 Å². The molecular weight excluding hydrogens is 472 g/mol. The molecular formula is C17H22N2O15. The lowest BCUT2D eigenvalue weighted by molar-refractivity contribution is -0.422. The van der Waals surface area contributed by atoms with E-state index in [-0.39, 0.29) is 0 Å². The van der Waals surface area contributed by atoms with E-state index in [2.05, 4.69) is 0 Å². The molecule has 10 atom stereocenters. The monoisotopic (exact) mass is 494 g/mol. The molecule has 2 saturated heterocycles. The predicted octanol–water partition coefficient (Wildman–Crippen LogP) is -4.10. The van der Waals surface area contributed by atoms with Crippen LogP contribution >= 0.6 is 0 Å². The van der Waals surface area contributed by atoms with Crippen LogP contribution in [0.15, 0.2) is 18.2 Å². The van der Waals surface area contributed by atoms with Gasteiger partial charge in [-0.1, -0.05) is 0 Å². The first-order valence-corrected chi connectivity index (χ1v) is 9.65. The third-order valence-electron chi connectivity index (χ3n) is 5.66. The minimum atomic E-state index is -2.45. The topological polar surface area (TPSA) is 276 Å². The minimum Gasteiger partial charge on any atom is -0.393 e. The van der Waals surface area contributed by atoms with Crippen molar-refractivity contribution in [1.82, 2.24) is 0 Å². The van der Waals surface area contributed by atoms with E-state index in [4.69, 9.17) is 14.2 Å². The molecule has 0 aliphatic carbocycles. The first-order valence-electron chi connectivity index (χ1n) is 9.65. The van der Waals surface area contributed by atoms with E-state index in [0.29, 0.717) is 12.1 Å². The van der Waals surface area contributed by atoms with Crippen LogP contribution in [0.1, 0.15) is 5.56 Å². The highest BCUT2D eigenvalue weighted by Gasteiger charge is 2.58. The number of rotatable bonds is 6. The van der Waals surface area contributed by atoms with Crippen LogP contribution in [0.5, 0.6) is 0 Å². The molecule has 2 aliphatic heterocycles. The molecule has 34 heavy (non-hydrogen) atoms. The second-order valence-corrected chi connectivity index (χ2v) is 7.68. The zero-order valence-electron chi connectivity index (χ0n) is 17.0. The third-order valence-corrected chi connectivity index (χ3v) is 5.66. The van der Waals surface area contributed by atoms with Gasteiger partial charge in [0.05, 0.1) is 16.5 Å².